The van der Waals surface area contributed by atoms with Gasteiger partial charge in [0.1, 0.15) is 11.5 Å². The molecule has 0 aliphatic carbocycles. The zero-order valence-electron chi connectivity index (χ0n) is 17.4. The van der Waals surface area contributed by atoms with Crippen LogP contribution in [-0.4, -0.2) is 61.4 Å². The van der Waals surface area contributed by atoms with E-state index >= 15 is 0 Å². The zero-order valence-corrected chi connectivity index (χ0v) is 18.2. The van der Waals surface area contributed by atoms with Crippen molar-refractivity contribution in [3.63, 3.8) is 0 Å². The van der Waals surface area contributed by atoms with Gasteiger partial charge in [0.2, 0.25) is 0 Å². The van der Waals surface area contributed by atoms with Gasteiger partial charge >= 0.3 is 0 Å². The number of carbonyl (C=O) groups is 1. The molecule has 0 spiro atoms. The summed E-state index contributed by atoms with van der Waals surface area (Å²) in [7, 11) is 3.25. The highest BCUT2D eigenvalue weighted by molar-refractivity contribution is 6.30. The third-order valence-electron chi connectivity index (χ3n) is 5.32. The molecule has 0 bridgehead atoms. The van der Waals surface area contributed by atoms with E-state index in [1.54, 1.807) is 38.5 Å². The third-order valence-corrected chi connectivity index (χ3v) is 5.57. The van der Waals surface area contributed by atoms with Gasteiger partial charge in [-0.1, -0.05) is 11.6 Å². The Kier molecular flexibility index (Phi) is 6.23. The second kappa shape index (κ2) is 9.22. The number of nitrogens with zero attached hydrogens (tertiary/aromatic N) is 4. The minimum Gasteiger partial charge on any atom is -0.497 e. The fraction of sp³-hybridized carbons (Fsp3) is 0.261. The maximum absolute atomic E-state index is 12.7. The van der Waals surface area contributed by atoms with Crippen molar-refractivity contribution in [2.24, 2.45) is 0 Å². The molecule has 31 heavy (non-hydrogen) atoms. The van der Waals surface area contributed by atoms with Gasteiger partial charge < -0.3 is 19.3 Å². The minimum absolute atomic E-state index is 0.0165. The standard InChI is InChI=1S/C23H23ClN4O3/c1-30-18-7-9-21(31-2)19(15-18)20-8-10-22(26-25-20)27-11-13-28(14-12-27)23(29)16-3-5-17(24)6-4-16/h3-10,15H,11-14H2,1-2H3. The molecule has 1 amide bonds. The molecule has 1 aliphatic rings. The average Bonchev–Trinajstić information content (AvgIpc) is 2.84. The molecular formula is C23H23ClN4O3. The number of methoxy groups -OCH3 is 2. The van der Waals surface area contributed by atoms with E-state index in [0.717, 1.165) is 17.1 Å². The summed E-state index contributed by atoms with van der Waals surface area (Å²) >= 11 is 5.91. The molecule has 3 aromatic rings. The summed E-state index contributed by atoms with van der Waals surface area (Å²) in [6.07, 6.45) is 0. The highest BCUT2D eigenvalue weighted by Crippen LogP contribution is 2.32. The molecular weight excluding hydrogens is 416 g/mol. The first-order valence-electron chi connectivity index (χ1n) is 9.95. The Hall–Kier alpha value is -3.32. The summed E-state index contributed by atoms with van der Waals surface area (Å²) < 4.78 is 10.8. The van der Waals surface area contributed by atoms with Crippen LogP contribution in [0.3, 0.4) is 0 Å². The Balaban J connectivity index is 1.43. The van der Waals surface area contributed by atoms with E-state index in [1.807, 2.05) is 35.2 Å². The van der Waals surface area contributed by atoms with Crippen LogP contribution in [0.1, 0.15) is 10.4 Å². The van der Waals surface area contributed by atoms with Crippen LogP contribution in [0.25, 0.3) is 11.3 Å². The summed E-state index contributed by atoms with van der Waals surface area (Å²) in [4.78, 5) is 16.7. The number of carbonyl (C=O) groups excluding carboxylic acids is 1. The summed E-state index contributed by atoms with van der Waals surface area (Å²) in [6, 6.07) is 16.4. The molecule has 4 rings (SSSR count). The highest BCUT2D eigenvalue weighted by atomic mass is 35.5. The minimum atomic E-state index is 0.0165. The first-order valence-corrected chi connectivity index (χ1v) is 10.3. The highest BCUT2D eigenvalue weighted by Gasteiger charge is 2.23. The first kappa shape index (κ1) is 20.9. The van der Waals surface area contributed by atoms with Gasteiger partial charge in [-0.25, -0.2) is 0 Å². The van der Waals surface area contributed by atoms with Crippen LogP contribution in [0, 0.1) is 0 Å². The number of hydrogen-bond acceptors (Lipinski definition) is 6. The van der Waals surface area contributed by atoms with Crippen LogP contribution in [0.4, 0.5) is 5.82 Å². The van der Waals surface area contributed by atoms with Crippen molar-refractivity contribution in [3.8, 4) is 22.8 Å². The van der Waals surface area contributed by atoms with E-state index in [4.69, 9.17) is 21.1 Å². The Morgan fingerprint density at radius 1 is 0.903 bits per heavy atom. The second-order valence-corrected chi connectivity index (χ2v) is 7.57. The van der Waals surface area contributed by atoms with Crippen LogP contribution < -0.4 is 14.4 Å². The molecule has 2 heterocycles. The number of piperazine rings is 1. The van der Waals surface area contributed by atoms with E-state index in [9.17, 15) is 4.79 Å². The van der Waals surface area contributed by atoms with Gasteiger partial charge in [0, 0.05) is 42.3 Å². The van der Waals surface area contributed by atoms with Gasteiger partial charge in [0.25, 0.3) is 5.91 Å². The summed E-state index contributed by atoms with van der Waals surface area (Å²) in [5.41, 5.74) is 2.17. The summed E-state index contributed by atoms with van der Waals surface area (Å²) in [5.74, 6) is 2.23. The number of amides is 1. The van der Waals surface area contributed by atoms with Gasteiger partial charge in [0.15, 0.2) is 5.82 Å². The lowest BCUT2D eigenvalue weighted by molar-refractivity contribution is 0.0746. The molecule has 0 radical (unpaired) electrons. The molecule has 2 aromatic carbocycles. The van der Waals surface area contributed by atoms with Crippen molar-refractivity contribution in [2.75, 3.05) is 45.3 Å². The molecule has 1 aromatic heterocycles. The smallest absolute Gasteiger partial charge is 0.253 e. The predicted molar refractivity (Wildman–Crippen MR) is 120 cm³/mol. The Morgan fingerprint density at radius 2 is 1.65 bits per heavy atom. The van der Waals surface area contributed by atoms with E-state index in [0.29, 0.717) is 48.2 Å². The van der Waals surface area contributed by atoms with Crippen molar-refractivity contribution in [1.82, 2.24) is 15.1 Å². The lowest BCUT2D eigenvalue weighted by Gasteiger charge is -2.35. The summed E-state index contributed by atoms with van der Waals surface area (Å²) in [5, 5.41) is 9.43. The van der Waals surface area contributed by atoms with Crippen LogP contribution in [0.2, 0.25) is 5.02 Å². The Morgan fingerprint density at radius 3 is 2.26 bits per heavy atom. The van der Waals surface area contributed by atoms with Gasteiger partial charge in [-0.3, -0.25) is 4.79 Å². The topological polar surface area (TPSA) is 67.8 Å². The van der Waals surface area contributed by atoms with E-state index in [2.05, 4.69) is 15.1 Å². The first-order chi connectivity index (χ1) is 15.1. The van der Waals surface area contributed by atoms with Gasteiger partial charge in [0.05, 0.1) is 19.9 Å². The molecule has 0 unspecified atom stereocenters. The number of benzene rings is 2. The van der Waals surface area contributed by atoms with Crippen LogP contribution >= 0.6 is 11.6 Å². The van der Waals surface area contributed by atoms with Gasteiger partial charge in [-0.15, -0.1) is 10.2 Å². The number of hydrogen-bond donors (Lipinski definition) is 0. The number of rotatable bonds is 5. The third kappa shape index (κ3) is 4.56. The second-order valence-electron chi connectivity index (χ2n) is 7.13. The van der Waals surface area contributed by atoms with E-state index < -0.39 is 0 Å². The van der Waals surface area contributed by atoms with Gasteiger partial charge in [-0.2, -0.15) is 0 Å². The van der Waals surface area contributed by atoms with Crippen LogP contribution in [0.5, 0.6) is 11.5 Å². The molecule has 160 valence electrons. The maximum Gasteiger partial charge on any atom is 0.253 e. The zero-order chi connectivity index (χ0) is 21.8. The number of halogens is 1. The largest absolute Gasteiger partial charge is 0.497 e. The van der Waals surface area contributed by atoms with Crippen molar-refractivity contribution in [3.05, 3.63) is 65.2 Å². The molecule has 1 aliphatic heterocycles. The fourth-order valence-electron chi connectivity index (χ4n) is 3.57. The molecule has 0 atom stereocenters. The van der Waals surface area contributed by atoms with Crippen LogP contribution in [-0.2, 0) is 0 Å². The molecule has 8 heteroatoms. The van der Waals surface area contributed by atoms with Crippen molar-refractivity contribution in [1.29, 1.82) is 0 Å². The quantitative estimate of drug-likeness (QED) is 0.604. The Labute approximate surface area is 186 Å². The number of ether oxygens (including phenoxy) is 2. The van der Waals surface area contributed by atoms with Crippen LogP contribution in [0.15, 0.2) is 54.6 Å². The lowest BCUT2D eigenvalue weighted by Crippen LogP contribution is -2.49. The molecule has 0 N–H and O–H groups in total. The molecule has 1 fully saturated rings. The van der Waals surface area contributed by atoms with Gasteiger partial charge in [-0.05, 0) is 54.6 Å². The molecule has 7 nitrogen and oxygen atoms in total. The monoisotopic (exact) mass is 438 g/mol. The van der Waals surface area contributed by atoms with E-state index in [1.165, 1.54) is 0 Å². The number of anilines is 1. The normalized spacial score (nSPS) is 13.8. The van der Waals surface area contributed by atoms with Crippen molar-refractivity contribution >= 4 is 23.3 Å². The van der Waals surface area contributed by atoms with E-state index in [-0.39, 0.29) is 5.91 Å². The molecule has 1 saturated heterocycles. The Bertz CT molecular complexity index is 1050. The summed E-state index contributed by atoms with van der Waals surface area (Å²) in [6.45, 7) is 2.62. The molecule has 0 saturated carbocycles. The fourth-order valence-corrected chi connectivity index (χ4v) is 3.69. The van der Waals surface area contributed by atoms with Crippen molar-refractivity contribution in [2.45, 2.75) is 0 Å². The maximum atomic E-state index is 12.7. The predicted octanol–water partition coefficient (Wildman–Crippen LogP) is 3.78. The lowest BCUT2D eigenvalue weighted by atomic mass is 10.1. The van der Waals surface area contributed by atoms with Crippen molar-refractivity contribution < 1.29 is 14.3 Å². The SMILES string of the molecule is COc1ccc(OC)c(-c2ccc(N3CCN(C(=O)c4ccc(Cl)cc4)CC3)nn2)c1. The number of aromatic nitrogens is 2. The average molecular weight is 439 g/mol.